The normalized spacial score (nSPS) is 21.8. The number of nitrogens with zero attached hydrogens (tertiary/aromatic N) is 6. The smallest absolute Gasteiger partial charge is 0.279 e. The van der Waals surface area contributed by atoms with Crippen molar-refractivity contribution in [3.8, 4) is 5.69 Å². The zero-order valence-corrected chi connectivity index (χ0v) is 30.8. The molecule has 53 heavy (non-hydrogen) atoms. The van der Waals surface area contributed by atoms with Gasteiger partial charge in [-0.1, -0.05) is 91.0 Å². The molecule has 1 spiro atoms. The summed E-state index contributed by atoms with van der Waals surface area (Å²) in [5, 5.41) is 24.6. The van der Waals surface area contributed by atoms with E-state index in [-0.39, 0.29) is 30.5 Å². The van der Waals surface area contributed by atoms with Crippen molar-refractivity contribution in [2.24, 2.45) is 5.92 Å². The predicted molar refractivity (Wildman–Crippen MR) is 203 cm³/mol. The molecule has 10 nitrogen and oxygen atoms in total. The number of benzene rings is 4. The number of aliphatic hydroxyl groups is 1. The van der Waals surface area contributed by atoms with Gasteiger partial charge in [0, 0.05) is 35.2 Å². The molecule has 6 aromatic rings. The van der Waals surface area contributed by atoms with Crippen molar-refractivity contribution in [1.82, 2.24) is 24.8 Å². The summed E-state index contributed by atoms with van der Waals surface area (Å²) in [6, 6.07) is 32.1. The number of para-hydroxylation sites is 1. The highest BCUT2D eigenvalue weighted by atomic mass is 28.4. The van der Waals surface area contributed by atoms with Crippen LogP contribution in [0.25, 0.3) is 16.5 Å². The van der Waals surface area contributed by atoms with E-state index in [1.807, 2.05) is 110 Å². The van der Waals surface area contributed by atoms with E-state index in [1.165, 1.54) is 4.68 Å². The summed E-state index contributed by atoms with van der Waals surface area (Å²) < 4.78 is 26.4. The van der Waals surface area contributed by atoms with Crippen molar-refractivity contribution in [2.75, 3.05) is 11.5 Å². The summed E-state index contributed by atoms with van der Waals surface area (Å²) in [6.45, 7) is 5.93. The molecule has 4 heterocycles. The molecule has 0 bridgehead atoms. The first kappa shape index (κ1) is 34.8. The van der Waals surface area contributed by atoms with Gasteiger partial charge in [-0.15, -0.1) is 5.10 Å². The second kappa shape index (κ2) is 13.6. The molecule has 2 aliphatic heterocycles. The fourth-order valence-electron chi connectivity index (χ4n) is 8.53. The van der Waals surface area contributed by atoms with Gasteiger partial charge in [-0.2, -0.15) is 9.78 Å². The summed E-state index contributed by atoms with van der Waals surface area (Å²) in [5.74, 6) is -0.937. The summed E-state index contributed by atoms with van der Waals surface area (Å²) >= 11 is 0. The number of carbonyl (C=O) groups is 1. The average Bonchev–Trinajstić information content (AvgIpc) is 3.82. The van der Waals surface area contributed by atoms with E-state index in [1.54, 1.807) is 34.9 Å². The number of rotatable bonds is 10. The Bertz CT molecular complexity index is 2340. The van der Waals surface area contributed by atoms with Gasteiger partial charge in [0.05, 0.1) is 53.8 Å². The Balaban J connectivity index is 1.05. The highest BCUT2D eigenvalue weighted by Crippen LogP contribution is 2.60. The third kappa shape index (κ3) is 6.00. The first-order chi connectivity index (χ1) is 25.6. The number of halogens is 1. The van der Waals surface area contributed by atoms with Crippen LogP contribution in [0.2, 0.25) is 18.6 Å². The van der Waals surface area contributed by atoms with Crippen LogP contribution in [0.4, 0.5) is 9.80 Å². The SMILES string of the molecule is C[C@@H]1[C@@H]([Si](C)(C)F)[C@H](CCn2cc(C(CO)c3ccccc3)nn2)O[C@@]12C(=O)N(Cc1ccc(-n3ncc4ccccc4c3=O)cc1)c1ccccc12. The highest BCUT2D eigenvalue weighted by molar-refractivity contribution is 6.72. The molecule has 2 aromatic heterocycles. The summed E-state index contributed by atoms with van der Waals surface area (Å²) in [6.07, 6.45) is 3.41. The largest absolute Gasteiger partial charge is 0.395 e. The van der Waals surface area contributed by atoms with Crippen LogP contribution in [-0.2, 0) is 28.2 Å². The standard InChI is InChI=1S/C41H41FN6O4Si/c1-27-38(53(2,3)42)37(21-22-46-25-35(44-45-46)33(26-49)29-11-5-4-6-12-29)52-41(27)34-15-9-10-16-36(34)47(40(41)51)24-28-17-19-31(20-18-28)48-39(50)32-14-8-7-13-30(32)23-43-48/h4-20,23,25,27,33,37-38,49H,21-22,24,26H2,1-3H3/t27-,33?,37+,38-,41+/m1/s1. The molecular formula is C41H41FN6O4Si. The maximum atomic E-state index is 16.4. The zero-order chi connectivity index (χ0) is 36.9. The Morgan fingerprint density at radius 1 is 0.943 bits per heavy atom. The van der Waals surface area contributed by atoms with Crippen LogP contribution < -0.4 is 10.5 Å². The zero-order valence-electron chi connectivity index (χ0n) is 29.8. The van der Waals surface area contributed by atoms with Crippen molar-refractivity contribution in [3.63, 3.8) is 0 Å². The third-order valence-corrected chi connectivity index (χ3v) is 13.5. The minimum absolute atomic E-state index is 0.109. The number of fused-ring (bicyclic) bond motifs is 3. The number of ether oxygens (including phenoxy) is 1. The Morgan fingerprint density at radius 2 is 1.66 bits per heavy atom. The first-order valence-corrected chi connectivity index (χ1v) is 21.0. The fraction of sp³-hybridized carbons (Fsp3) is 0.293. The van der Waals surface area contributed by atoms with Gasteiger partial charge >= 0.3 is 0 Å². The number of hydrogen-bond acceptors (Lipinski definition) is 7. The van der Waals surface area contributed by atoms with Gasteiger partial charge in [0.1, 0.15) is 0 Å². The third-order valence-electron chi connectivity index (χ3n) is 11.0. The number of anilines is 1. The Morgan fingerprint density at radius 3 is 2.42 bits per heavy atom. The van der Waals surface area contributed by atoms with Gasteiger partial charge in [-0.25, -0.2) is 0 Å². The highest BCUT2D eigenvalue weighted by Gasteiger charge is 2.66. The van der Waals surface area contributed by atoms with Gasteiger partial charge in [0.25, 0.3) is 11.5 Å². The predicted octanol–water partition coefficient (Wildman–Crippen LogP) is 6.51. The summed E-state index contributed by atoms with van der Waals surface area (Å²) in [4.78, 5) is 29.7. The van der Waals surface area contributed by atoms with Gasteiger partial charge < -0.3 is 18.9 Å². The van der Waals surface area contributed by atoms with E-state index in [9.17, 15) is 14.7 Å². The van der Waals surface area contributed by atoms with E-state index in [0.717, 1.165) is 27.8 Å². The summed E-state index contributed by atoms with van der Waals surface area (Å²) in [5.41, 5.74) is 2.57. The van der Waals surface area contributed by atoms with Crippen LogP contribution in [0.5, 0.6) is 0 Å². The molecule has 8 rings (SSSR count). The van der Waals surface area contributed by atoms with Crippen molar-refractivity contribution in [1.29, 1.82) is 0 Å². The van der Waals surface area contributed by atoms with Crippen LogP contribution in [-0.4, -0.2) is 56.9 Å². The lowest BCUT2D eigenvalue weighted by Crippen LogP contribution is -2.45. The number of amides is 1. The van der Waals surface area contributed by atoms with Crippen LogP contribution in [0.15, 0.2) is 120 Å². The lowest BCUT2D eigenvalue weighted by atomic mass is 9.82. The van der Waals surface area contributed by atoms with Gasteiger partial charge in [0.2, 0.25) is 8.41 Å². The molecule has 270 valence electrons. The summed E-state index contributed by atoms with van der Waals surface area (Å²) in [7, 11) is -3.36. The molecule has 12 heteroatoms. The molecule has 2 aliphatic rings. The number of aliphatic hydroxyl groups excluding tert-OH is 1. The van der Waals surface area contributed by atoms with E-state index < -0.39 is 31.6 Å². The van der Waals surface area contributed by atoms with Crippen LogP contribution in [0.1, 0.15) is 41.6 Å². The van der Waals surface area contributed by atoms with Crippen molar-refractivity contribution in [3.05, 3.63) is 148 Å². The number of aromatic nitrogens is 5. The van der Waals surface area contributed by atoms with Crippen LogP contribution in [0, 0.1) is 5.92 Å². The second-order valence-electron chi connectivity index (χ2n) is 14.6. The molecule has 0 radical (unpaired) electrons. The minimum atomic E-state index is -3.36. The molecule has 1 saturated heterocycles. The van der Waals surface area contributed by atoms with Crippen molar-refractivity contribution in [2.45, 2.75) is 62.7 Å². The number of aryl methyl sites for hydroxylation is 1. The Labute approximate surface area is 307 Å². The molecule has 1 amide bonds. The van der Waals surface area contributed by atoms with E-state index in [0.29, 0.717) is 29.7 Å². The van der Waals surface area contributed by atoms with Crippen molar-refractivity contribution >= 4 is 30.8 Å². The van der Waals surface area contributed by atoms with E-state index in [4.69, 9.17) is 4.74 Å². The van der Waals surface area contributed by atoms with Crippen LogP contribution in [0.3, 0.4) is 0 Å². The Kier molecular flexibility index (Phi) is 8.92. The molecule has 1 unspecified atom stereocenters. The van der Waals surface area contributed by atoms with Gasteiger partial charge in [-0.05, 0) is 54.9 Å². The van der Waals surface area contributed by atoms with Gasteiger partial charge in [-0.3, -0.25) is 14.3 Å². The maximum Gasteiger partial charge on any atom is 0.279 e. The molecular weight excluding hydrogens is 688 g/mol. The van der Waals surface area contributed by atoms with E-state index in [2.05, 4.69) is 15.4 Å². The number of hydrogen-bond donors (Lipinski definition) is 1. The molecule has 1 N–H and O–H groups in total. The van der Waals surface area contributed by atoms with Crippen molar-refractivity contribution < 1.29 is 18.7 Å². The number of carbonyl (C=O) groups excluding carboxylic acids is 1. The molecule has 0 saturated carbocycles. The molecule has 5 atom stereocenters. The Hall–Kier alpha value is -5.30. The quantitative estimate of drug-likeness (QED) is 0.126. The monoisotopic (exact) mass is 728 g/mol. The second-order valence-corrected chi connectivity index (χ2v) is 18.4. The topological polar surface area (TPSA) is 115 Å². The lowest BCUT2D eigenvalue weighted by molar-refractivity contribution is -0.146. The first-order valence-electron chi connectivity index (χ1n) is 18.0. The fourth-order valence-corrected chi connectivity index (χ4v) is 11.1. The molecule has 1 fully saturated rings. The molecule has 4 aromatic carbocycles. The average molecular weight is 729 g/mol. The van der Waals surface area contributed by atoms with E-state index >= 15 is 4.11 Å². The molecule has 0 aliphatic carbocycles. The lowest BCUT2D eigenvalue weighted by Gasteiger charge is -2.31. The van der Waals surface area contributed by atoms with Crippen LogP contribution >= 0.6 is 0 Å². The van der Waals surface area contributed by atoms with Gasteiger partial charge in [0.15, 0.2) is 5.60 Å². The maximum absolute atomic E-state index is 16.4. The minimum Gasteiger partial charge on any atom is -0.395 e.